The fourth-order valence-electron chi connectivity index (χ4n) is 3.13. The SMILES string of the molecule is COc1cc(C(=O)NCC2NCCCC2(C)C)cc(OC)c1C. The molecule has 0 aromatic heterocycles. The highest BCUT2D eigenvalue weighted by Crippen LogP contribution is 2.31. The lowest BCUT2D eigenvalue weighted by Crippen LogP contribution is -2.52. The average molecular weight is 320 g/mol. The van der Waals surface area contributed by atoms with Crippen LogP contribution in [0.5, 0.6) is 11.5 Å². The largest absolute Gasteiger partial charge is 0.496 e. The van der Waals surface area contributed by atoms with Crippen molar-refractivity contribution in [1.82, 2.24) is 10.6 Å². The molecule has 5 nitrogen and oxygen atoms in total. The molecule has 1 saturated heterocycles. The Bertz CT molecular complexity index is 544. The summed E-state index contributed by atoms with van der Waals surface area (Å²) in [6.45, 7) is 8.02. The third-order valence-electron chi connectivity index (χ3n) is 4.81. The molecule has 0 radical (unpaired) electrons. The van der Waals surface area contributed by atoms with Gasteiger partial charge in [-0.15, -0.1) is 0 Å². The summed E-state index contributed by atoms with van der Waals surface area (Å²) in [4.78, 5) is 12.5. The van der Waals surface area contributed by atoms with E-state index in [1.165, 1.54) is 12.8 Å². The van der Waals surface area contributed by atoms with Crippen molar-refractivity contribution in [3.05, 3.63) is 23.3 Å². The fraction of sp³-hybridized carbons (Fsp3) is 0.611. The minimum atomic E-state index is -0.107. The highest BCUT2D eigenvalue weighted by atomic mass is 16.5. The maximum Gasteiger partial charge on any atom is 0.251 e. The van der Waals surface area contributed by atoms with Gasteiger partial charge in [0.05, 0.1) is 14.2 Å². The molecule has 0 saturated carbocycles. The van der Waals surface area contributed by atoms with Gasteiger partial charge in [0.2, 0.25) is 0 Å². The number of nitrogens with one attached hydrogen (secondary N) is 2. The second-order valence-corrected chi connectivity index (χ2v) is 6.81. The summed E-state index contributed by atoms with van der Waals surface area (Å²) in [5.41, 5.74) is 1.63. The summed E-state index contributed by atoms with van der Waals surface area (Å²) in [5.74, 6) is 1.21. The van der Waals surface area contributed by atoms with Crippen LogP contribution in [0.15, 0.2) is 12.1 Å². The van der Waals surface area contributed by atoms with E-state index in [0.29, 0.717) is 23.6 Å². The van der Waals surface area contributed by atoms with Crippen LogP contribution >= 0.6 is 0 Å². The van der Waals surface area contributed by atoms with Gasteiger partial charge in [0.25, 0.3) is 5.91 Å². The molecular weight excluding hydrogens is 292 g/mol. The predicted octanol–water partition coefficient (Wildman–Crippen LogP) is 2.52. The van der Waals surface area contributed by atoms with Gasteiger partial charge in [0, 0.05) is 23.7 Å². The number of rotatable bonds is 5. The van der Waals surface area contributed by atoms with Gasteiger partial charge in [-0.3, -0.25) is 4.79 Å². The van der Waals surface area contributed by atoms with E-state index < -0.39 is 0 Å². The molecule has 1 aromatic carbocycles. The van der Waals surface area contributed by atoms with Gasteiger partial charge in [-0.2, -0.15) is 0 Å². The number of methoxy groups -OCH3 is 2. The van der Waals surface area contributed by atoms with E-state index in [-0.39, 0.29) is 17.4 Å². The average Bonchev–Trinajstić information content (AvgIpc) is 2.53. The Morgan fingerprint density at radius 1 is 1.30 bits per heavy atom. The van der Waals surface area contributed by atoms with Gasteiger partial charge in [0.15, 0.2) is 0 Å². The van der Waals surface area contributed by atoms with E-state index >= 15 is 0 Å². The standard InChI is InChI=1S/C18H28N2O3/c1-12-14(22-4)9-13(10-15(12)23-5)17(21)20-11-16-18(2,3)7-6-8-19-16/h9-10,16,19H,6-8,11H2,1-5H3,(H,20,21). The summed E-state index contributed by atoms with van der Waals surface area (Å²) in [6.07, 6.45) is 2.36. The summed E-state index contributed by atoms with van der Waals surface area (Å²) < 4.78 is 10.7. The van der Waals surface area contributed by atoms with Gasteiger partial charge in [-0.05, 0) is 43.9 Å². The van der Waals surface area contributed by atoms with E-state index in [1.807, 2.05) is 6.92 Å². The molecule has 5 heteroatoms. The van der Waals surface area contributed by atoms with Crippen molar-refractivity contribution in [3.63, 3.8) is 0 Å². The van der Waals surface area contributed by atoms with Crippen molar-refractivity contribution in [3.8, 4) is 11.5 Å². The van der Waals surface area contributed by atoms with Crippen molar-refractivity contribution in [2.45, 2.75) is 39.7 Å². The zero-order chi connectivity index (χ0) is 17.0. The smallest absolute Gasteiger partial charge is 0.251 e. The number of carbonyl (C=O) groups excluding carboxylic acids is 1. The molecule has 1 atom stereocenters. The lowest BCUT2D eigenvalue weighted by molar-refractivity contribution is 0.0928. The van der Waals surface area contributed by atoms with Crippen molar-refractivity contribution in [2.75, 3.05) is 27.3 Å². The second-order valence-electron chi connectivity index (χ2n) is 6.81. The van der Waals surface area contributed by atoms with Crippen LogP contribution in [0, 0.1) is 12.3 Å². The zero-order valence-corrected chi connectivity index (χ0v) is 14.8. The molecule has 1 aliphatic rings. The molecule has 1 unspecified atom stereocenters. The summed E-state index contributed by atoms with van der Waals surface area (Å²) in [5, 5.41) is 6.54. The summed E-state index contributed by atoms with van der Waals surface area (Å²) in [6, 6.07) is 3.80. The Hall–Kier alpha value is -1.75. The maximum atomic E-state index is 12.5. The predicted molar refractivity (Wildman–Crippen MR) is 91.4 cm³/mol. The maximum absolute atomic E-state index is 12.5. The first-order chi connectivity index (χ1) is 10.9. The number of ether oxygens (including phenoxy) is 2. The molecule has 2 rings (SSSR count). The van der Waals surface area contributed by atoms with Gasteiger partial charge in [-0.1, -0.05) is 13.8 Å². The van der Waals surface area contributed by atoms with Crippen LogP contribution in [0.4, 0.5) is 0 Å². The highest BCUT2D eigenvalue weighted by Gasteiger charge is 2.32. The van der Waals surface area contributed by atoms with Gasteiger partial charge in [0.1, 0.15) is 11.5 Å². The van der Waals surface area contributed by atoms with Crippen molar-refractivity contribution in [2.24, 2.45) is 5.41 Å². The minimum absolute atomic E-state index is 0.107. The number of carbonyl (C=O) groups is 1. The first kappa shape index (κ1) is 17.6. The van der Waals surface area contributed by atoms with Crippen LogP contribution in [-0.4, -0.2) is 39.3 Å². The molecule has 0 spiro atoms. The van der Waals surface area contributed by atoms with Crippen LogP contribution in [0.25, 0.3) is 0 Å². The Morgan fingerprint density at radius 2 is 1.91 bits per heavy atom. The molecule has 1 heterocycles. The number of hydrogen-bond acceptors (Lipinski definition) is 4. The molecular formula is C18H28N2O3. The third-order valence-corrected chi connectivity index (χ3v) is 4.81. The van der Waals surface area contributed by atoms with E-state index in [0.717, 1.165) is 12.1 Å². The fourth-order valence-corrected chi connectivity index (χ4v) is 3.13. The third kappa shape index (κ3) is 3.96. The number of benzene rings is 1. The molecule has 23 heavy (non-hydrogen) atoms. The van der Waals surface area contributed by atoms with Crippen LogP contribution in [0.3, 0.4) is 0 Å². The molecule has 1 aliphatic heterocycles. The van der Waals surface area contributed by atoms with Crippen LogP contribution in [0.2, 0.25) is 0 Å². The number of hydrogen-bond donors (Lipinski definition) is 2. The molecule has 0 aliphatic carbocycles. The normalized spacial score (nSPS) is 20.0. The van der Waals surface area contributed by atoms with E-state index in [4.69, 9.17) is 9.47 Å². The topological polar surface area (TPSA) is 59.6 Å². The van der Waals surface area contributed by atoms with Gasteiger partial charge in [-0.25, -0.2) is 0 Å². The lowest BCUT2D eigenvalue weighted by atomic mass is 9.77. The summed E-state index contributed by atoms with van der Waals surface area (Å²) in [7, 11) is 3.19. The van der Waals surface area contributed by atoms with Crippen LogP contribution < -0.4 is 20.1 Å². The van der Waals surface area contributed by atoms with E-state index in [1.54, 1.807) is 26.4 Å². The van der Waals surface area contributed by atoms with Crippen molar-refractivity contribution < 1.29 is 14.3 Å². The number of amides is 1. The molecule has 1 amide bonds. The first-order valence-corrected chi connectivity index (χ1v) is 8.13. The van der Waals surface area contributed by atoms with Gasteiger partial charge < -0.3 is 20.1 Å². The molecule has 128 valence electrons. The highest BCUT2D eigenvalue weighted by molar-refractivity contribution is 5.95. The van der Waals surface area contributed by atoms with Crippen molar-refractivity contribution in [1.29, 1.82) is 0 Å². The van der Waals surface area contributed by atoms with Crippen LogP contribution in [0.1, 0.15) is 42.6 Å². The van der Waals surface area contributed by atoms with Crippen LogP contribution in [-0.2, 0) is 0 Å². The Labute approximate surface area is 138 Å². The molecule has 0 bridgehead atoms. The van der Waals surface area contributed by atoms with E-state index in [2.05, 4.69) is 24.5 Å². The molecule has 1 aromatic rings. The Morgan fingerprint density at radius 3 is 2.43 bits per heavy atom. The monoisotopic (exact) mass is 320 g/mol. The number of piperidine rings is 1. The molecule has 2 N–H and O–H groups in total. The zero-order valence-electron chi connectivity index (χ0n) is 14.8. The van der Waals surface area contributed by atoms with E-state index in [9.17, 15) is 4.79 Å². The first-order valence-electron chi connectivity index (χ1n) is 8.13. The van der Waals surface area contributed by atoms with Crippen molar-refractivity contribution >= 4 is 5.91 Å². The Kier molecular flexibility index (Phi) is 5.52. The lowest BCUT2D eigenvalue weighted by Gasteiger charge is -2.39. The second kappa shape index (κ2) is 7.21. The van der Waals surface area contributed by atoms with Gasteiger partial charge >= 0.3 is 0 Å². The quantitative estimate of drug-likeness (QED) is 0.875. The Balaban J connectivity index is 2.09. The molecule has 1 fully saturated rings. The minimum Gasteiger partial charge on any atom is -0.496 e. The summed E-state index contributed by atoms with van der Waals surface area (Å²) >= 11 is 0.